The quantitative estimate of drug-likeness (QED) is 0.765. The molecule has 0 radical (unpaired) electrons. The van der Waals surface area contributed by atoms with Gasteiger partial charge in [-0.1, -0.05) is 12.1 Å². The van der Waals surface area contributed by atoms with Crippen molar-refractivity contribution in [3.8, 4) is 0 Å². The highest BCUT2D eigenvalue weighted by atomic mass is 16.4. The molecule has 2 heterocycles. The van der Waals surface area contributed by atoms with E-state index in [0.717, 1.165) is 16.9 Å². The number of urea groups is 1. The summed E-state index contributed by atoms with van der Waals surface area (Å²) in [5, 5.41) is 12.2. The van der Waals surface area contributed by atoms with E-state index >= 15 is 0 Å². The van der Waals surface area contributed by atoms with E-state index < -0.39 is 5.97 Å². The summed E-state index contributed by atoms with van der Waals surface area (Å²) in [5.41, 5.74) is 1.88. The SMILES string of the molecule is CC(C)NC(=O)N1CCC(CC(=O)O)C(Cc2nc3ccccc3[nH]2)C1. The van der Waals surface area contributed by atoms with E-state index in [4.69, 9.17) is 0 Å². The molecule has 0 bridgehead atoms. The van der Waals surface area contributed by atoms with Crippen molar-refractivity contribution in [1.82, 2.24) is 20.2 Å². The molecule has 2 amide bonds. The van der Waals surface area contributed by atoms with Crippen molar-refractivity contribution >= 4 is 23.0 Å². The van der Waals surface area contributed by atoms with Crippen molar-refractivity contribution in [3.63, 3.8) is 0 Å². The van der Waals surface area contributed by atoms with Crippen LogP contribution in [0.5, 0.6) is 0 Å². The van der Waals surface area contributed by atoms with Crippen LogP contribution in [0.3, 0.4) is 0 Å². The molecule has 0 spiro atoms. The first-order valence-electron chi connectivity index (χ1n) is 9.13. The van der Waals surface area contributed by atoms with Gasteiger partial charge in [0.2, 0.25) is 0 Å². The number of hydrogen-bond acceptors (Lipinski definition) is 3. The number of para-hydroxylation sites is 2. The highest BCUT2D eigenvalue weighted by Gasteiger charge is 2.33. The van der Waals surface area contributed by atoms with Gasteiger partial charge >= 0.3 is 12.0 Å². The molecule has 0 aliphatic carbocycles. The number of carboxylic acids is 1. The fourth-order valence-electron chi connectivity index (χ4n) is 3.68. The second-order valence-electron chi connectivity index (χ2n) is 7.36. The van der Waals surface area contributed by atoms with Crippen LogP contribution in [-0.4, -0.2) is 51.1 Å². The van der Waals surface area contributed by atoms with Crippen LogP contribution in [-0.2, 0) is 11.2 Å². The molecule has 1 saturated heterocycles. The number of amides is 2. The van der Waals surface area contributed by atoms with Gasteiger partial charge in [-0.2, -0.15) is 0 Å². The van der Waals surface area contributed by atoms with Gasteiger partial charge < -0.3 is 20.3 Å². The molecule has 2 aromatic rings. The zero-order valence-corrected chi connectivity index (χ0v) is 15.2. The first-order chi connectivity index (χ1) is 12.4. The van der Waals surface area contributed by atoms with Gasteiger partial charge in [0.05, 0.1) is 11.0 Å². The maximum atomic E-state index is 12.4. The molecule has 1 aliphatic rings. The van der Waals surface area contributed by atoms with Crippen LogP contribution in [0.15, 0.2) is 24.3 Å². The number of aromatic nitrogens is 2. The lowest BCUT2D eigenvalue weighted by molar-refractivity contribution is -0.139. The normalized spacial score (nSPS) is 20.5. The smallest absolute Gasteiger partial charge is 0.317 e. The van der Waals surface area contributed by atoms with Crippen molar-refractivity contribution in [2.45, 2.75) is 39.2 Å². The number of H-pyrrole nitrogens is 1. The van der Waals surface area contributed by atoms with Gasteiger partial charge in [-0.15, -0.1) is 0 Å². The Morgan fingerprint density at radius 1 is 1.35 bits per heavy atom. The molecule has 140 valence electrons. The van der Waals surface area contributed by atoms with E-state index in [1.807, 2.05) is 38.1 Å². The number of carboxylic acid groups (broad SMARTS) is 1. The maximum absolute atomic E-state index is 12.4. The summed E-state index contributed by atoms with van der Waals surface area (Å²) >= 11 is 0. The topological polar surface area (TPSA) is 98.3 Å². The second kappa shape index (κ2) is 7.76. The Kier molecular flexibility index (Phi) is 5.44. The minimum atomic E-state index is -0.787. The van der Waals surface area contributed by atoms with Crippen molar-refractivity contribution in [1.29, 1.82) is 0 Å². The fourth-order valence-corrected chi connectivity index (χ4v) is 3.68. The van der Waals surface area contributed by atoms with Gasteiger partial charge in [0.25, 0.3) is 0 Å². The Labute approximate surface area is 152 Å². The Hall–Kier alpha value is -2.57. The zero-order chi connectivity index (χ0) is 18.7. The summed E-state index contributed by atoms with van der Waals surface area (Å²) in [7, 11) is 0. The standard InChI is InChI=1S/C19H26N4O3/c1-12(2)20-19(26)23-8-7-13(10-18(24)25)14(11-23)9-17-21-15-5-3-4-6-16(15)22-17/h3-6,12-14H,7-11H2,1-2H3,(H,20,26)(H,21,22)(H,24,25). The summed E-state index contributed by atoms with van der Waals surface area (Å²) < 4.78 is 0. The summed E-state index contributed by atoms with van der Waals surface area (Å²) in [6, 6.07) is 7.82. The average molecular weight is 358 g/mol. The van der Waals surface area contributed by atoms with E-state index in [0.29, 0.717) is 25.9 Å². The third-order valence-corrected chi connectivity index (χ3v) is 4.92. The molecule has 1 fully saturated rings. The molecule has 26 heavy (non-hydrogen) atoms. The molecule has 0 saturated carbocycles. The van der Waals surface area contributed by atoms with Crippen LogP contribution in [0.25, 0.3) is 11.0 Å². The van der Waals surface area contributed by atoms with E-state index in [1.54, 1.807) is 4.90 Å². The predicted octanol–water partition coefficient (Wildman–Crippen LogP) is 2.64. The third kappa shape index (κ3) is 4.33. The molecule has 1 aromatic heterocycles. The number of imidazole rings is 1. The van der Waals surface area contributed by atoms with Crippen LogP contribution in [0.4, 0.5) is 4.79 Å². The number of aromatic amines is 1. The first kappa shape index (κ1) is 18.2. The Morgan fingerprint density at radius 2 is 2.12 bits per heavy atom. The highest BCUT2D eigenvalue weighted by Crippen LogP contribution is 2.29. The lowest BCUT2D eigenvalue weighted by Gasteiger charge is -2.38. The van der Waals surface area contributed by atoms with Gasteiger partial charge in [0, 0.05) is 32.0 Å². The molecule has 2 atom stereocenters. The van der Waals surface area contributed by atoms with Crippen LogP contribution in [0.1, 0.15) is 32.5 Å². The monoisotopic (exact) mass is 358 g/mol. The minimum Gasteiger partial charge on any atom is -0.481 e. The molecule has 1 aromatic carbocycles. The van der Waals surface area contributed by atoms with Crippen LogP contribution in [0, 0.1) is 11.8 Å². The number of piperidine rings is 1. The van der Waals surface area contributed by atoms with Crippen molar-refractivity contribution in [2.24, 2.45) is 11.8 Å². The molecular weight excluding hydrogens is 332 g/mol. The number of nitrogens with one attached hydrogen (secondary N) is 2. The van der Waals surface area contributed by atoms with E-state index in [2.05, 4.69) is 15.3 Å². The second-order valence-corrected chi connectivity index (χ2v) is 7.36. The summed E-state index contributed by atoms with van der Waals surface area (Å²) in [6.45, 7) is 5.00. The largest absolute Gasteiger partial charge is 0.481 e. The third-order valence-electron chi connectivity index (χ3n) is 4.92. The van der Waals surface area contributed by atoms with E-state index in [-0.39, 0.29) is 30.3 Å². The summed E-state index contributed by atoms with van der Waals surface area (Å²) in [6.07, 6.45) is 1.46. The average Bonchev–Trinajstić information content (AvgIpc) is 2.97. The molecule has 7 nitrogen and oxygen atoms in total. The van der Waals surface area contributed by atoms with Gasteiger partial charge in [-0.05, 0) is 44.2 Å². The van der Waals surface area contributed by atoms with Gasteiger partial charge in [0.1, 0.15) is 5.82 Å². The molecular formula is C19H26N4O3. The summed E-state index contributed by atoms with van der Waals surface area (Å²) in [4.78, 5) is 33.3. The molecule has 3 N–H and O–H groups in total. The van der Waals surface area contributed by atoms with Crippen molar-refractivity contribution in [3.05, 3.63) is 30.1 Å². The van der Waals surface area contributed by atoms with Gasteiger partial charge in [-0.25, -0.2) is 9.78 Å². The number of benzene rings is 1. The molecule has 2 unspecified atom stereocenters. The predicted molar refractivity (Wildman–Crippen MR) is 98.9 cm³/mol. The van der Waals surface area contributed by atoms with Crippen LogP contribution < -0.4 is 5.32 Å². The number of carbonyl (C=O) groups excluding carboxylic acids is 1. The number of carbonyl (C=O) groups is 2. The minimum absolute atomic E-state index is 0.0452. The van der Waals surface area contributed by atoms with E-state index in [9.17, 15) is 14.7 Å². The Balaban J connectivity index is 1.75. The van der Waals surface area contributed by atoms with Crippen LogP contribution >= 0.6 is 0 Å². The number of aliphatic carboxylic acids is 1. The Bertz CT molecular complexity index is 753. The number of hydrogen-bond donors (Lipinski definition) is 3. The lowest BCUT2D eigenvalue weighted by atomic mass is 9.81. The number of likely N-dealkylation sites (tertiary alicyclic amines) is 1. The van der Waals surface area contributed by atoms with E-state index in [1.165, 1.54) is 0 Å². The van der Waals surface area contributed by atoms with Gasteiger partial charge in [0.15, 0.2) is 0 Å². The van der Waals surface area contributed by atoms with Crippen molar-refractivity contribution < 1.29 is 14.7 Å². The van der Waals surface area contributed by atoms with Crippen LogP contribution in [0.2, 0.25) is 0 Å². The number of nitrogens with zero attached hydrogens (tertiary/aromatic N) is 2. The molecule has 1 aliphatic heterocycles. The molecule has 3 rings (SSSR count). The number of rotatable bonds is 5. The zero-order valence-electron chi connectivity index (χ0n) is 15.2. The molecule has 7 heteroatoms. The first-order valence-corrected chi connectivity index (χ1v) is 9.13. The summed E-state index contributed by atoms with van der Waals surface area (Å²) in [5.74, 6) is 0.171. The van der Waals surface area contributed by atoms with Crippen molar-refractivity contribution in [2.75, 3.05) is 13.1 Å². The lowest BCUT2D eigenvalue weighted by Crippen LogP contribution is -2.50. The van der Waals surface area contributed by atoms with Gasteiger partial charge in [-0.3, -0.25) is 4.79 Å². The fraction of sp³-hybridized carbons (Fsp3) is 0.526. The highest BCUT2D eigenvalue weighted by molar-refractivity contribution is 5.75. The number of fused-ring (bicyclic) bond motifs is 1. The Morgan fingerprint density at radius 3 is 2.81 bits per heavy atom. The maximum Gasteiger partial charge on any atom is 0.317 e.